The molecule has 0 spiro atoms. The Balaban J connectivity index is 2.12. The van der Waals surface area contributed by atoms with Crippen molar-refractivity contribution in [1.29, 1.82) is 0 Å². The number of rotatable bonds is 18. The monoisotopic (exact) mass is 601 g/mol. The Labute approximate surface area is 253 Å². The molecule has 0 radical (unpaired) electrons. The summed E-state index contributed by atoms with van der Waals surface area (Å²) in [5.41, 5.74) is 6.65. The van der Waals surface area contributed by atoms with E-state index in [4.69, 9.17) is 22.1 Å². The van der Waals surface area contributed by atoms with Crippen LogP contribution in [0, 0.1) is 0 Å². The summed E-state index contributed by atoms with van der Waals surface area (Å²) in [5.74, 6) is -0.674. The molecule has 1 aromatic heterocycles. The maximum Gasteiger partial charge on any atom is 0.213 e. The third-order valence-corrected chi connectivity index (χ3v) is 6.77. The first-order chi connectivity index (χ1) is 20.2. The minimum absolute atomic E-state index is 0.0291. The maximum atomic E-state index is 15.1. The zero-order valence-corrected chi connectivity index (χ0v) is 25.6. The van der Waals surface area contributed by atoms with Crippen LogP contribution in [-0.2, 0) is 0 Å². The van der Waals surface area contributed by atoms with E-state index in [9.17, 15) is 9.18 Å². The molecule has 10 heteroatoms. The number of nitrogens with zero attached hydrogens (tertiary/aromatic N) is 3. The highest BCUT2D eigenvalue weighted by molar-refractivity contribution is 6.32. The summed E-state index contributed by atoms with van der Waals surface area (Å²) < 4.78 is 34.4. The van der Waals surface area contributed by atoms with E-state index in [0.29, 0.717) is 29.6 Å². The van der Waals surface area contributed by atoms with Crippen LogP contribution < -0.4 is 15.8 Å². The quantitative estimate of drug-likeness (QED) is 0.0605. The number of allylic oxidation sites excluding steroid dienone is 7. The fourth-order valence-corrected chi connectivity index (χ4v) is 4.34. The van der Waals surface area contributed by atoms with Crippen LogP contribution in [-0.4, -0.2) is 52.7 Å². The molecule has 0 saturated carbocycles. The van der Waals surface area contributed by atoms with Crippen molar-refractivity contribution in [3.8, 4) is 5.75 Å². The number of hydrogen-bond donors (Lipinski definition) is 2. The third kappa shape index (κ3) is 10.6. The van der Waals surface area contributed by atoms with Crippen molar-refractivity contribution in [3.05, 3.63) is 95.4 Å². The molecule has 0 bridgehead atoms. The van der Waals surface area contributed by atoms with Gasteiger partial charge in [-0.25, -0.2) is 13.5 Å². The summed E-state index contributed by atoms with van der Waals surface area (Å²) in [6, 6.07) is 7.40. The Morgan fingerprint density at radius 2 is 2.00 bits per heavy atom. The van der Waals surface area contributed by atoms with Crippen LogP contribution >= 0.6 is 11.6 Å². The van der Waals surface area contributed by atoms with Gasteiger partial charge in [-0.2, -0.15) is 5.10 Å². The van der Waals surface area contributed by atoms with E-state index >= 15 is 4.39 Å². The number of unbranched alkanes of at least 4 members (excludes halogenated alkanes) is 1. The van der Waals surface area contributed by atoms with Crippen LogP contribution in [0.15, 0.2) is 84.8 Å². The number of ether oxygens (including phenoxy) is 1. The lowest BCUT2D eigenvalue weighted by molar-refractivity contribution is 0.102. The third-order valence-electron chi connectivity index (χ3n) is 6.46. The fourth-order valence-electron chi connectivity index (χ4n) is 4.15. The van der Waals surface area contributed by atoms with Gasteiger partial charge in [0.1, 0.15) is 24.0 Å². The second-order valence-corrected chi connectivity index (χ2v) is 9.99. The zero-order valence-electron chi connectivity index (χ0n) is 24.8. The minimum Gasteiger partial charge on any atom is -0.488 e. The lowest BCUT2D eigenvalue weighted by atomic mass is 10.1. The van der Waals surface area contributed by atoms with Gasteiger partial charge < -0.3 is 20.7 Å². The number of ketones is 1. The molecule has 2 rings (SSSR count). The Hall–Kier alpha value is -3.69. The summed E-state index contributed by atoms with van der Waals surface area (Å²) in [4.78, 5) is 15.8. The molecule has 0 atom stereocenters. The summed E-state index contributed by atoms with van der Waals surface area (Å²) in [6.45, 7) is 10.2. The van der Waals surface area contributed by atoms with Crippen LogP contribution in [0.3, 0.4) is 0 Å². The number of nitrogens with two attached hydrogens (primary N) is 1. The second kappa shape index (κ2) is 18.7. The molecule has 3 N–H and O–H groups in total. The van der Waals surface area contributed by atoms with Crippen molar-refractivity contribution in [1.82, 2.24) is 20.0 Å². The van der Waals surface area contributed by atoms with Gasteiger partial charge in [-0.3, -0.25) is 4.79 Å². The van der Waals surface area contributed by atoms with Crippen molar-refractivity contribution in [3.63, 3.8) is 0 Å². The number of aromatic nitrogens is 2. The Kier molecular flexibility index (Phi) is 15.4. The van der Waals surface area contributed by atoms with Crippen LogP contribution in [0.25, 0.3) is 5.70 Å². The van der Waals surface area contributed by atoms with E-state index in [1.54, 1.807) is 37.3 Å². The lowest BCUT2D eigenvalue weighted by Gasteiger charge is -2.24. The van der Waals surface area contributed by atoms with Gasteiger partial charge in [0.15, 0.2) is 0 Å². The SMILES string of the molecule is C/C=C(\C(F)=C/COc1ccccc1Cl)n1ncc(C(=O)/C(=C/C/C=C/CCCN(CC)C(C)C)NC/C=C/F)c1N. The van der Waals surface area contributed by atoms with Gasteiger partial charge in [-0.15, -0.1) is 0 Å². The predicted molar refractivity (Wildman–Crippen MR) is 169 cm³/mol. The van der Waals surface area contributed by atoms with Crippen molar-refractivity contribution >= 4 is 28.9 Å². The highest BCUT2D eigenvalue weighted by atomic mass is 35.5. The summed E-state index contributed by atoms with van der Waals surface area (Å²) >= 11 is 6.08. The van der Waals surface area contributed by atoms with Crippen LogP contribution in [0.5, 0.6) is 5.75 Å². The fraction of sp³-hybridized carbons (Fsp3) is 0.375. The molecule has 0 fully saturated rings. The number of hydrogen-bond acceptors (Lipinski definition) is 6. The van der Waals surface area contributed by atoms with E-state index in [1.165, 1.54) is 24.4 Å². The number of benzene rings is 1. The van der Waals surface area contributed by atoms with Gasteiger partial charge in [0.2, 0.25) is 5.78 Å². The van der Waals surface area contributed by atoms with Gasteiger partial charge in [0, 0.05) is 12.6 Å². The van der Waals surface area contributed by atoms with Gasteiger partial charge in [-0.1, -0.05) is 55.0 Å². The number of halogens is 3. The Morgan fingerprint density at radius 1 is 1.24 bits per heavy atom. The molecule has 0 saturated heterocycles. The van der Waals surface area contributed by atoms with E-state index in [0.717, 1.165) is 30.6 Å². The van der Waals surface area contributed by atoms with Gasteiger partial charge in [-0.05, 0) is 77.4 Å². The topological polar surface area (TPSA) is 85.4 Å². The Bertz CT molecular complexity index is 1300. The van der Waals surface area contributed by atoms with Crippen molar-refractivity contribution in [2.24, 2.45) is 0 Å². The first-order valence-corrected chi connectivity index (χ1v) is 14.5. The molecular weight excluding hydrogens is 560 g/mol. The van der Waals surface area contributed by atoms with Crippen molar-refractivity contribution in [2.45, 2.75) is 53.0 Å². The van der Waals surface area contributed by atoms with Gasteiger partial charge in [0.25, 0.3) is 0 Å². The van der Waals surface area contributed by atoms with E-state index < -0.39 is 11.6 Å². The number of Topliss-reactive ketones (excluding diaryl/α,β-unsaturated/α-hetero) is 1. The molecule has 2 aromatic rings. The Morgan fingerprint density at radius 3 is 2.67 bits per heavy atom. The molecule has 228 valence electrons. The molecule has 0 aliphatic carbocycles. The van der Waals surface area contributed by atoms with E-state index in [1.807, 2.05) is 6.08 Å². The molecule has 1 heterocycles. The normalized spacial score (nSPS) is 13.2. The zero-order chi connectivity index (χ0) is 30.9. The number of carbonyl (C=O) groups is 1. The lowest BCUT2D eigenvalue weighted by Crippen LogP contribution is -2.31. The van der Waals surface area contributed by atoms with E-state index in [2.05, 4.69) is 42.2 Å². The van der Waals surface area contributed by atoms with Gasteiger partial charge in [0.05, 0.1) is 34.5 Å². The van der Waals surface area contributed by atoms with Gasteiger partial charge >= 0.3 is 0 Å². The maximum absolute atomic E-state index is 15.1. The van der Waals surface area contributed by atoms with E-state index in [-0.39, 0.29) is 35.9 Å². The number of nitrogens with one attached hydrogen (secondary N) is 1. The molecule has 1 aromatic carbocycles. The molecule has 7 nitrogen and oxygen atoms in total. The molecule has 42 heavy (non-hydrogen) atoms. The smallest absolute Gasteiger partial charge is 0.213 e. The largest absolute Gasteiger partial charge is 0.488 e. The molecular formula is C32H42ClF2N5O2. The average Bonchev–Trinajstić information content (AvgIpc) is 3.35. The summed E-state index contributed by atoms with van der Waals surface area (Å²) in [6.07, 6.45) is 13.9. The molecule has 0 unspecified atom stereocenters. The minimum atomic E-state index is -0.638. The highest BCUT2D eigenvalue weighted by Gasteiger charge is 2.21. The van der Waals surface area contributed by atoms with Crippen LogP contribution in [0.2, 0.25) is 5.02 Å². The number of nitrogen functional groups attached to an aromatic ring is 1. The van der Waals surface area contributed by atoms with Crippen LogP contribution in [0.4, 0.5) is 14.6 Å². The molecule has 0 amide bonds. The predicted octanol–water partition coefficient (Wildman–Crippen LogP) is 7.51. The molecule has 0 aliphatic heterocycles. The molecule has 0 aliphatic rings. The average molecular weight is 602 g/mol. The second-order valence-electron chi connectivity index (χ2n) is 9.58. The van der Waals surface area contributed by atoms with Crippen molar-refractivity contribution in [2.75, 3.05) is 32.0 Å². The summed E-state index contributed by atoms with van der Waals surface area (Å²) in [7, 11) is 0. The number of anilines is 1. The first-order valence-electron chi connectivity index (χ1n) is 14.1. The standard InChI is InChI=1S/C32H42ClF2N5O2/c1-5-29(27(35)18-22-42-30-17-12-11-15-26(30)33)40-32(36)25(23-38-40)31(41)28(37-20-14-19-34)16-10-8-7-9-13-21-39(6-2)24(3)4/h5,7-8,11-12,14-19,23-24,37H,6,9-10,13,20-22,36H2,1-4H3/b8-7+,19-14+,27-18+,28-16-,29-5+. The first kappa shape index (κ1) is 34.5. The highest BCUT2D eigenvalue weighted by Crippen LogP contribution is 2.26. The summed E-state index contributed by atoms with van der Waals surface area (Å²) in [5, 5.41) is 7.51. The number of carbonyl (C=O) groups excluding carboxylic acids is 1. The van der Waals surface area contributed by atoms with Crippen LogP contribution in [0.1, 0.15) is 57.3 Å². The van der Waals surface area contributed by atoms with Crippen molar-refractivity contribution < 1.29 is 18.3 Å². The number of para-hydroxylation sites is 1.